The van der Waals surface area contributed by atoms with Gasteiger partial charge in [-0.2, -0.15) is 12.6 Å². The van der Waals surface area contributed by atoms with E-state index in [-0.39, 0.29) is 11.0 Å². The summed E-state index contributed by atoms with van der Waals surface area (Å²) in [5.74, 6) is 1.51. The first kappa shape index (κ1) is 13.0. The molecule has 0 aliphatic heterocycles. The zero-order chi connectivity index (χ0) is 13.3. The van der Waals surface area contributed by atoms with E-state index in [4.69, 9.17) is 9.15 Å². The molecule has 0 fully saturated rings. The highest BCUT2D eigenvalue weighted by Crippen LogP contribution is 2.26. The molecule has 0 bridgehead atoms. The highest BCUT2D eigenvalue weighted by Gasteiger charge is 2.16. The lowest BCUT2D eigenvalue weighted by Gasteiger charge is -2.21. The van der Waals surface area contributed by atoms with Gasteiger partial charge in [-0.05, 0) is 32.9 Å². The Morgan fingerprint density at radius 1 is 1.33 bits per heavy atom. The van der Waals surface area contributed by atoms with Crippen LogP contribution in [0, 0.1) is 0 Å². The molecule has 18 heavy (non-hydrogen) atoms. The summed E-state index contributed by atoms with van der Waals surface area (Å²) in [6.07, 6.45) is 0. The third-order valence-corrected chi connectivity index (χ3v) is 2.65. The number of ether oxygens (including phenoxy) is 1. The molecule has 96 valence electrons. The molecule has 2 rings (SSSR count). The molecule has 4 heteroatoms. The van der Waals surface area contributed by atoms with Gasteiger partial charge in [0.15, 0.2) is 5.43 Å². The fraction of sp³-hybridized carbons (Fsp3) is 0.357. The smallest absolute Gasteiger partial charge is 0.196 e. The molecule has 0 aliphatic carbocycles. The third kappa shape index (κ3) is 2.70. The van der Waals surface area contributed by atoms with Gasteiger partial charge in [0.1, 0.15) is 28.1 Å². The fourth-order valence-corrected chi connectivity index (χ4v) is 1.88. The molecule has 0 radical (unpaired) electrons. The topological polar surface area (TPSA) is 39.4 Å². The fourth-order valence-electron chi connectivity index (χ4n) is 1.72. The van der Waals surface area contributed by atoms with Gasteiger partial charge in [-0.15, -0.1) is 0 Å². The lowest BCUT2D eigenvalue weighted by Crippen LogP contribution is -2.23. The van der Waals surface area contributed by atoms with Crippen LogP contribution >= 0.6 is 12.6 Å². The van der Waals surface area contributed by atoms with Gasteiger partial charge in [-0.1, -0.05) is 6.07 Å². The summed E-state index contributed by atoms with van der Waals surface area (Å²) >= 11 is 4.11. The van der Waals surface area contributed by atoms with Crippen LogP contribution in [0.1, 0.15) is 26.5 Å². The van der Waals surface area contributed by atoms with E-state index in [1.165, 1.54) is 6.07 Å². The number of hydrogen-bond donors (Lipinski definition) is 1. The largest absolute Gasteiger partial charge is 0.487 e. The Kier molecular flexibility index (Phi) is 3.39. The minimum atomic E-state index is -0.358. The molecule has 0 amide bonds. The number of rotatable bonds is 2. The van der Waals surface area contributed by atoms with Crippen LogP contribution in [-0.4, -0.2) is 5.60 Å². The minimum absolute atomic E-state index is 0.0971. The lowest BCUT2D eigenvalue weighted by molar-refractivity contribution is 0.133. The van der Waals surface area contributed by atoms with Crippen molar-refractivity contribution in [1.29, 1.82) is 0 Å². The predicted octanol–water partition coefficient (Wildman–Crippen LogP) is 3.40. The molecule has 0 atom stereocenters. The summed E-state index contributed by atoms with van der Waals surface area (Å²) in [5, 5.41) is 0.484. The van der Waals surface area contributed by atoms with Gasteiger partial charge in [0.05, 0.1) is 0 Å². The van der Waals surface area contributed by atoms with Crippen LogP contribution in [0.5, 0.6) is 5.75 Å². The van der Waals surface area contributed by atoms with Crippen molar-refractivity contribution in [1.82, 2.24) is 0 Å². The third-order valence-electron chi connectivity index (χ3n) is 2.34. The van der Waals surface area contributed by atoms with Crippen LogP contribution in [0.2, 0.25) is 0 Å². The average molecular weight is 264 g/mol. The van der Waals surface area contributed by atoms with Crippen molar-refractivity contribution in [2.75, 3.05) is 0 Å². The van der Waals surface area contributed by atoms with Gasteiger partial charge in [0.2, 0.25) is 0 Å². The van der Waals surface area contributed by atoms with Gasteiger partial charge in [-0.25, -0.2) is 0 Å². The average Bonchev–Trinajstić information content (AvgIpc) is 2.26. The maximum absolute atomic E-state index is 12.1. The van der Waals surface area contributed by atoms with E-state index in [1.807, 2.05) is 26.8 Å². The molecule has 1 aromatic heterocycles. The summed E-state index contributed by atoms with van der Waals surface area (Å²) in [6, 6.07) is 6.82. The summed E-state index contributed by atoms with van der Waals surface area (Å²) in [4.78, 5) is 12.1. The molecule has 0 N–H and O–H groups in total. The molecular weight excluding hydrogens is 248 g/mol. The first-order valence-corrected chi connectivity index (χ1v) is 6.39. The van der Waals surface area contributed by atoms with Gasteiger partial charge in [-0.3, -0.25) is 4.79 Å². The second-order valence-electron chi connectivity index (χ2n) is 5.08. The van der Waals surface area contributed by atoms with Crippen molar-refractivity contribution < 1.29 is 9.15 Å². The van der Waals surface area contributed by atoms with E-state index in [0.29, 0.717) is 28.2 Å². The maximum atomic E-state index is 12.1. The molecule has 1 heterocycles. The molecule has 1 aromatic carbocycles. The summed E-state index contributed by atoms with van der Waals surface area (Å²) < 4.78 is 11.4. The lowest BCUT2D eigenvalue weighted by atomic mass is 10.1. The second kappa shape index (κ2) is 4.69. The van der Waals surface area contributed by atoms with Crippen molar-refractivity contribution in [2.24, 2.45) is 0 Å². The standard InChI is InChI=1S/C14H16O3S/c1-14(2,3)17-12-6-4-5-11-13(12)10(15)7-9(8-18)16-11/h4-7,18H,8H2,1-3H3. The quantitative estimate of drug-likeness (QED) is 0.845. The molecule has 0 spiro atoms. The monoisotopic (exact) mass is 264 g/mol. The van der Waals surface area contributed by atoms with Crippen molar-refractivity contribution in [3.8, 4) is 5.75 Å². The molecule has 0 unspecified atom stereocenters. The molecule has 0 saturated carbocycles. The first-order chi connectivity index (χ1) is 8.40. The molecular formula is C14H16O3S. The normalized spacial score (nSPS) is 11.8. The Labute approximate surface area is 111 Å². The number of fused-ring (bicyclic) bond motifs is 1. The zero-order valence-electron chi connectivity index (χ0n) is 10.7. The Balaban J connectivity index is 2.66. The summed E-state index contributed by atoms with van der Waals surface area (Å²) in [6.45, 7) is 5.82. The zero-order valence-corrected chi connectivity index (χ0v) is 11.6. The van der Waals surface area contributed by atoms with E-state index in [2.05, 4.69) is 12.6 Å². The number of thiol groups is 1. The highest BCUT2D eigenvalue weighted by atomic mass is 32.1. The molecule has 0 aliphatic rings. The molecule has 3 nitrogen and oxygen atoms in total. The van der Waals surface area contributed by atoms with Crippen molar-refractivity contribution in [2.45, 2.75) is 32.1 Å². The minimum Gasteiger partial charge on any atom is -0.487 e. The van der Waals surface area contributed by atoms with Crippen LogP contribution in [0.15, 0.2) is 33.5 Å². The van der Waals surface area contributed by atoms with Gasteiger partial charge in [0, 0.05) is 11.8 Å². The van der Waals surface area contributed by atoms with E-state index in [9.17, 15) is 4.79 Å². The highest BCUT2D eigenvalue weighted by molar-refractivity contribution is 7.79. The van der Waals surface area contributed by atoms with Crippen molar-refractivity contribution >= 4 is 23.6 Å². The number of benzene rings is 1. The summed E-state index contributed by atoms with van der Waals surface area (Å²) in [5.41, 5.74) is 0.0802. The van der Waals surface area contributed by atoms with Crippen LogP contribution in [-0.2, 0) is 5.75 Å². The summed E-state index contributed by atoms with van der Waals surface area (Å²) in [7, 11) is 0. The van der Waals surface area contributed by atoms with E-state index in [0.717, 1.165) is 0 Å². The van der Waals surface area contributed by atoms with Crippen molar-refractivity contribution in [3.05, 3.63) is 40.2 Å². The predicted molar refractivity (Wildman–Crippen MR) is 75.6 cm³/mol. The van der Waals surface area contributed by atoms with Crippen molar-refractivity contribution in [3.63, 3.8) is 0 Å². The molecule has 2 aromatic rings. The van der Waals surface area contributed by atoms with Gasteiger partial charge >= 0.3 is 0 Å². The van der Waals surface area contributed by atoms with Crippen LogP contribution in [0.4, 0.5) is 0 Å². The Morgan fingerprint density at radius 2 is 2.06 bits per heavy atom. The SMILES string of the molecule is CC(C)(C)Oc1cccc2oc(CS)cc(=O)c12. The first-order valence-electron chi connectivity index (χ1n) is 5.76. The Bertz CT molecular complexity index is 623. The van der Waals surface area contributed by atoms with Gasteiger partial charge < -0.3 is 9.15 Å². The van der Waals surface area contributed by atoms with E-state index in [1.54, 1.807) is 12.1 Å². The van der Waals surface area contributed by atoms with E-state index >= 15 is 0 Å². The van der Waals surface area contributed by atoms with Crippen LogP contribution in [0.3, 0.4) is 0 Å². The maximum Gasteiger partial charge on any atom is 0.196 e. The Hall–Kier alpha value is -1.42. The Morgan fingerprint density at radius 3 is 2.67 bits per heavy atom. The second-order valence-corrected chi connectivity index (χ2v) is 5.40. The van der Waals surface area contributed by atoms with Crippen LogP contribution in [0.25, 0.3) is 11.0 Å². The number of hydrogen-bond acceptors (Lipinski definition) is 4. The molecule has 0 saturated heterocycles. The van der Waals surface area contributed by atoms with E-state index < -0.39 is 0 Å². The van der Waals surface area contributed by atoms with Gasteiger partial charge in [0.25, 0.3) is 0 Å². The van der Waals surface area contributed by atoms with Crippen LogP contribution < -0.4 is 10.2 Å².